The number of aromatic nitrogens is 2. The molecule has 0 atom stereocenters. The maximum atomic E-state index is 12.3. The Bertz CT molecular complexity index is 1040. The summed E-state index contributed by atoms with van der Waals surface area (Å²) in [6.45, 7) is 4.75. The minimum Gasteiger partial charge on any atom is -0.512 e. The van der Waals surface area contributed by atoms with E-state index < -0.39 is 55.0 Å². The van der Waals surface area contributed by atoms with E-state index in [2.05, 4.69) is 25.9 Å². The summed E-state index contributed by atoms with van der Waals surface area (Å²) in [4.78, 5) is 24.7. The summed E-state index contributed by atoms with van der Waals surface area (Å²) in [5.74, 6) is 0. The second-order valence-corrected chi connectivity index (χ2v) is 5.49. The molecule has 32 heavy (non-hydrogen) atoms. The Morgan fingerprint density at radius 1 is 0.906 bits per heavy atom. The van der Waals surface area contributed by atoms with Crippen molar-refractivity contribution in [3.05, 3.63) is 72.8 Å². The van der Waals surface area contributed by atoms with Gasteiger partial charge in [-0.05, 0) is 15.9 Å². The number of hydrogen-bond donors (Lipinski definition) is 0. The summed E-state index contributed by atoms with van der Waals surface area (Å²) in [7, 11) is 0. The topological polar surface area (TPSA) is 160 Å². The normalized spacial score (nSPS) is 10.1. The molecule has 2 aromatic rings. The van der Waals surface area contributed by atoms with Gasteiger partial charge >= 0.3 is 29.4 Å². The minimum atomic E-state index is -4.83. The van der Waals surface area contributed by atoms with E-state index in [9.17, 15) is 46.6 Å². The van der Waals surface area contributed by atoms with E-state index >= 15 is 0 Å². The Balaban J connectivity index is 0. The fourth-order valence-electron chi connectivity index (χ4n) is 1.59. The first-order chi connectivity index (χ1) is 14.2. The molecule has 0 N–H and O–H groups in total. The second-order valence-electron chi connectivity index (χ2n) is 4.74. The van der Waals surface area contributed by atoms with Gasteiger partial charge in [0.1, 0.15) is 23.1 Å². The molecule has 2 heterocycles. The minimum absolute atomic E-state index is 0. The maximum Gasteiger partial charge on any atom is 1.00 e. The predicted molar refractivity (Wildman–Crippen MR) is 89.2 cm³/mol. The average molecular weight is 578 g/mol. The molecule has 174 valence electrons. The van der Waals surface area contributed by atoms with Gasteiger partial charge in [-0.15, -0.1) is 0 Å². The van der Waals surface area contributed by atoms with Crippen molar-refractivity contribution in [2.45, 2.75) is 12.4 Å². The number of alkyl halides is 6. The zero-order valence-corrected chi connectivity index (χ0v) is 17.1. The number of nitrogens with zero attached hydrogens (tertiary/aromatic N) is 6. The molecule has 0 radical (unpaired) electrons. The summed E-state index contributed by atoms with van der Waals surface area (Å²) < 4.78 is 72.9. The van der Waals surface area contributed by atoms with Crippen LogP contribution in [0.4, 0.5) is 37.7 Å². The van der Waals surface area contributed by atoms with Crippen molar-refractivity contribution in [3.8, 4) is 6.07 Å². The molecule has 0 aliphatic carbocycles. The van der Waals surface area contributed by atoms with Gasteiger partial charge in [0.25, 0.3) is 11.4 Å². The van der Waals surface area contributed by atoms with Crippen molar-refractivity contribution in [1.29, 1.82) is 10.5 Å². The molecule has 0 saturated heterocycles. The van der Waals surface area contributed by atoms with Crippen LogP contribution in [0.15, 0.2) is 29.1 Å². The summed E-state index contributed by atoms with van der Waals surface area (Å²) in [5.41, 5.74) is -4.94. The monoisotopic (exact) mass is 576 g/mol. The molecular weight excluding hydrogens is 574 g/mol. The van der Waals surface area contributed by atoms with Gasteiger partial charge in [0.05, 0.1) is 21.0 Å². The van der Waals surface area contributed by atoms with E-state index in [4.69, 9.17) is 17.1 Å². The molecule has 2 aromatic heterocycles. The third-order valence-corrected chi connectivity index (χ3v) is 3.47. The Labute approximate surface area is 192 Å². The molecule has 0 unspecified atom stereocenters. The van der Waals surface area contributed by atoms with E-state index in [1.165, 1.54) is 6.07 Å². The van der Waals surface area contributed by atoms with Crippen LogP contribution in [-0.2, 0) is 29.4 Å². The molecule has 0 aliphatic rings. The van der Waals surface area contributed by atoms with Crippen molar-refractivity contribution in [2.24, 2.45) is 0 Å². The molecule has 0 amide bonds. The molecule has 0 saturated carbocycles. The van der Waals surface area contributed by atoms with Crippen LogP contribution < -0.4 is 0 Å². The molecular formula is C14H4BrCuF6N6O4. The van der Waals surface area contributed by atoms with Gasteiger partial charge in [-0.25, -0.2) is 9.97 Å². The Morgan fingerprint density at radius 2 is 1.28 bits per heavy atom. The molecule has 0 aliphatic heterocycles. The smallest absolute Gasteiger partial charge is 0.512 e. The van der Waals surface area contributed by atoms with Crippen LogP contribution in [-0.4, -0.2) is 19.8 Å². The number of pyridine rings is 2. The fourth-order valence-corrected chi connectivity index (χ4v) is 2.04. The van der Waals surface area contributed by atoms with Crippen LogP contribution in [0.25, 0.3) is 0 Å². The molecule has 0 aromatic carbocycles. The fraction of sp³-hybridized carbons (Fsp3) is 0.143. The Kier molecular flexibility index (Phi) is 12.0. The van der Waals surface area contributed by atoms with E-state index in [-0.39, 0.29) is 23.1 Å². The van der Waals surface area contributed by atoms with Crippen molar-refractivity contribution in [1.82, 2.24) is 9.97 Å². The summed E-state index contributed by atoms with van der Waals surface area (Å²) in [5, 5.41) is 34.9. The largest absolute Gasteiger partial charge is 1.00 e. The van der Waals surface area contributed by atoms with Crippen LogP contribution >= 0.6 is 15.9 Å². The van der Waals surface area contributed by atoms with Crippen LogP contribution in [0.3, 0.4) is 0 Å². The van der Waals surface area contributed by atoms with Crippen LogP contribution in [0.1, 0.15) is 16.8 Å². The molecule has 2 rings (SSSR count). The van der Waals surface area contributed by atoms with Gasteiger partial charge in [0.15, 0.2) is 5.69 Å². The van der Waals surface area contributed by atoms with Crippen molar-refractivity contribution in [2.75, 3.05) is 0 Å². The summed E-state index contributed by atoms with van der Waals surface area (Å²) in [6.07, 6.45) is -8.13. The summed E-state index contributed by atoms with van der Waals surface area (Å²) in [6, 6.07) is 1.93. The van der Waals surface area contributed by atoms with Gasteiger partial charge in [-0.3, -0.25) is 20.2 Å². The third-order valence-electron chi connectivity index (χ3n) is 2.84. The standard InChI is InChI=1S/C7H2F3N3O2.C6H2BrF3N2O2.CN.Cu/c8-7(9,10)5-1-4(13(14)15)3-12-6(5)2-11;7-5-4(6(8,9)10)1-3(2-11-5)12(13)14;1-2;/h1,3H;1-2H;;/q;;-1;+1. The van der Waals surface area contributed by atoms with Gasteiger partial charge in [-0.1, -0.05) is 0 Å². The molecule has 10 nitrogen and oxygen atoms in total. The molecule has 18 heteroatoms. The maximum absolute atomic E-state index is 12.3. The molecule has 0 bridgehead atoms. The van der Waals surface area contributed by atoms with Crippen molar-refractivity contribution in [3.63, 3.8) is 0 Å². The van der Waals surface area contributed by atoms with Gasteiger partial charge in [0.2, 0.25) is 0 Å². The van der Waals surface area contributed by atoms with Crippen molar-refractivity contribution >= 4 is 27.3 Å². The SMILES string of the molecule is N#Cc1ncc([N+](=O)[O-])cc1C(F)(F)F.O=[N+]([O-])c1cnc(Br)c(C(F)(F)F)c1.[C-]#N.[Cu+]. The number of nitro groups is 2. The van der Waals surface area contributed by atoms with Crippen molar-refractivity contribution < 1.29 is 53.3 Å². The van der Waals surface area contributed by atoms with E-state index in [1.54, 1.807) is 0 Å². The predicted octanol–water partition coefficient (Wildman–Crippen LogP) is 4.75. The number of halogens is 7. The first kappa shape index (κ1) is 30.8. The summed E-state index contributed by atoms with van der Waals surface area (Å²) >= 11 is 2.56. The first-order valence-corrected chi connectivity index (χ1v) is 7.69. The van der Waals surface area contributed by atoms with E-state index in [0.29, 0.717) is 12.3 Å². The van der Waals surface area contributed by atoms with Gasteiger partial charge in [0, 0.05) is 12.1 Å². The quantitative estimate of drug-likeness (QED) is 0.123. The van der Waals surface area contributed by atoms with Crippen LogP contribution in [0, 0.1) is 43.4 Å². The Morgan fingerprint density at radius 3 is 1.62 bits per heavy atom. The van der Waals surface area contributed by atoms with Gasteiger partial charge < -0.3 is 11.8 Å². The Hall–Kier alpha value is -3.34. The van der Waals surface area contributed by atoms with Gasteiger partial charge in [-0.2, -0.15) is 31.6 Å². The van der Waals surface area contributed by atoms with Crippen LogP contribution in [0.5, 0.6) is 0 Å². The van der Waals surface area contributed by atoms with Crippen LogP contribution in [0.2, 0.25) is 0 Å². The zero-order chi connectivity index (χ0) is 24.6. The second kappa shape index (κ2) is 12.5. The zero-order valence-electron chi connectivity index (χ0n) is 14.6. The number of rotatable bonds is 2. The first-order valence-electron chi connectivity index (χ1n) is 6.89. The number of nitriles is 1. The van der Waals surface area contributed by atoms with E-state index in [1.807, 2.05) is 0 Å². The van der Waals surface area contributed by atoms with E-state index in [0.717, 1.165) is 6.20 Å². The molecule has 0 fully saturated rings. The third kappa shape index (κ3) is 8.80. The average Bonchev–Trinajstić information content (AvgIpc) is 2.68. The number of hydrogen-bond acceptors (Lipinski definition) is 8. The molecule has 0 spiro atoms.